The van der Waals surface area contributed by atoms with Crippen LogP contribution in [0, 0.1) is 0 Å². The van der Waals surface area contributed by atoms with Gasteiger partial charge in [0.1, 0.15) is 6.67 Å². The lowest BCUT2D eigenvalue weighted by molar-refractivity contribution is 0.476. The first-order chi connectivity index (χ1) is 9.86. The molecule has 0 atom stereocenters. The maximum absolute atomic E-state index is 13.1. The summed E-state index contributed by atoms with van der Waals surface area (Å²) < 4.78 is 13.1. The summed E-state index contributed by atoms with van der Waals surface area (Å²) >= 11 is 0. The van der Waals surface area contributed by atoms with Crippen LogP contribution in [0.3, 0.4) is 0 Å². The maximum Gasteiger partial charge on any atom is 0.131 e. The van der Waals surface area contributed by atoms with Crippen LogP contribution < -0.4 is 0 Å². The fourth-order valence-electron chi connectivity index (χ4n) is 2.21. The first-order valence-electron chi connectivity index (χ1n) is 6.54. The van der Waals surface area contributed by atoms with E-state index in [9.17, 15) is 4.39 Å². The third-order valence-corrected chi connectivity index (χ3v) is 3.19. The van der Waals surface area contributed by atoms with Crippen molar-refractivity contribution in [2.45, 2.75) is 6.67 Å². The van der Waals surface area contributed by atoms with Crippen molar-refractivity contribution in [3.8, 4) is 22.4 Å². The van der Waals surface area contributed by atoms with E-state index < -0.39 is 6.67 Å². The number of pyridine rings is 1. The van der Waals surface area contributed by atoms with Crippen molar-refractivity contribution in [1.82, 2.24) is 4.98 Å². The third kappa shape index (κ3) is 2.59. The Kier molecular flexibility index (Phi) is 3.55. The van der Waals surface area contributed by atoms with Crippen molar-refractivity contribution in [2.24, 2.45) is 0 Å². The second-order valence-electron chi connectivity index (χ2n) is 4.60. The van der Waals surface area contributed by atoms with Gasteiger partial charge in [0.2, 0.25) is 0 Å². The average Bonchev–Trinajstić information content (AvgIpc) is 2.56. The molecule has 2 aromatic carbocycles. The second kappa shape index (κ2) is 5.66. The molecule has 3 rings (SSSR count). The van der Waals surface area contributed by atoms with Crippen LogP contribution in [0.1, 0.15) is 5.69 Å². The van der Waals surface area contributed by atoms with Crippen LogP contribution in [-0.4, -0.2) is 4.98 Å². The van der Waals surface area contributed by atoms with E-state index in [4.69, 9.17) is 0 Å². The third-order valence-electron chi connectivity index (χ3n) is 3.19. The van der Waals surface area contributed by atoms with Crippen molar-refractivity contribution < 1.29 is 4.39 Å². The normalized spacial score (nSPS) is 10.4. The van der Waals surface area contributed by atoms with Crippen LogP contribution in [0.15, 0.2) is 72.8 Å². The van der Waals surface area contributed by atoms with E-state index in [2.05, 4.69) is 4.98 Å². The smallest absolute Gasteiger partial charge is 0.131 e. The van der Waals surface area contributed by atoms with E-state index in [1.54, 1.807) is 0 Å². The lowest BCUT2D eigenvalue weighted by Crippen LogP contribution is -1.92. The van der Waals surface area contributed by atoms with Crippen molar-refractivity contribution in [2.75, 3.05) is 0 Å². The molecule has 0 aliphatic rings. The molecule has 0 radical (unpaired) electrons. The van der Waals surface area contributed by atoms with E-state index in [1.807, 2.05) is 72.8 Å². The van der Waals surface area contributed by atoms with Gasteiger partial charge in [-0.25, -0.2) is 4.39 Å². The number of benzene rings is 2. The molecular formula is C18H14FN. The number of nitrogens with zero attached hydrogens (tertiary/aromatic N) is 1. The van der Waals surface area contributed by atoms with Gasteiger partial charge in [0, 0.05) is 5.56 Å². The zero-order valence-corrected chi connectivity index (χ0v) is 11.0. The van der Waals surface area contributed by atoms with Gasteiger partial charge in [-0.1, -0.05) is 60.7 Å². The Labute approximate surface area is 117 Å². The monoisotopic (exact) mass is 263 g/mol. The van der Waals surface area contributed by atoms with Gasteiger partial charge in [0.15, 0.2) is 0 Å². The number of alkyl halides is 1. The minimum atomic E-state index is -0.555. The lowest BCUT2D eigenvalue weighted by Gasteiger charge is -2.08. The van der Waals surface area contributed by atoms with E-state index in [-0.39, 0.29) is 0 Å². The van der Waals surface area contributed by atoms with Crippen LogP contribution >= 0.6 is 0 Å². The van der Waals surface area contributed by atoms with Crippen LogP contribution in [0.25, 0.3) is 22.4 Å². The van der Waals surface area contributed by atoms with Gasteiger partial charge in [-0.15, -0.1) is 0 Å². The average molecular weight is 263 g/mol. The molecule has 3 aromatic rings. The summed E-state index contributed by atoms with van der Waals surface area (Å²) in [5, 5.41) is 0. The molecule has 0 aliphatic carbocycles. The zero-order valence-electron chi connectivity index (χ0n) is 11.0. The summed E-state index contributed by atoms with van der Waals surface area (Å²) in [5.74, 6) is 0. The summed E-state index contributed by atoms with van der Waals surface area (Å²) in [7, 11) is 0. The molecule has 1 aromatic heterocycles. The Balaban J connectivity index is 2.13. The van der Waals surface area contributed by atoms with Gasteiger partial charge in [-0.3, -0.25) is 4.98 Å². The van der Waals surface area contributed by atoms with Crippen LogP contribution in [0.4, 0.5) is 4.39 Å². The Hall–Kier alpha value is -2.48. The van der Waals surface area contributed by atoms with Crippen LogP contribution in [-0.2, 0) is 6.67 Å². The summed E-state index contributed by atoms with van der Waals surface area (Å²) in [6.07, 6.45) is 0. The number of aromatic nitrogens is 1. The molecule has 0 spiro atoms. The minimum absolute atomic E-state index is 0.463. The maximum atomic E-state index is 13.1. The summed E-state index contributed by atoms with van der Waals surface area (Å²) in [4.78, 5) is 4.37. The largest absolute Gasteiger partial charge is 0.250 e. The lowest BCUT2D eigenvalue weighted by atomic mass is 10.0. The van der Waals surface area contributed by atoms with Crippen molar-refractivity contribution in [3.63, 3.8) is 0 Å². The number of rotatable bonds is 3. The Bertz CT molecular complexity index is 635. The Morgan fingerprint density at radius 2 is 1.30 bits per heavy atom. The first kappa shape index (κ1) is 12.5. The summed E-state index contributed by atoms with van der Waals surface area (Å²) in [6.45, 7) is -0.555. The Morgan fingerprint density at radius 3 is 1.90 bits per heavy atom. The number of hydrogen-bond donors (Lipinski definition) is 0. The van der Waals surface area contributed by atoms with Gasteiger partial charge in [0.25, 0.3) is 0 Å². The van der Waals surface area contributed by atoms with Gasteiger partial charge >= 0.3 is 0 Å². The molecule has 0 saturated heterocycles. The van der Waals surface area contributed by atoms with Gasteiger partial charge < -0.3 is 0 Å². The van der Waals surface area contributed by atoms with E-state index in [1.165, 1.54) is 0 Å². The zero-order chi connectivity index (χ0) is 13.8. The fraction of sp³-hybridized carbons (Fsp3) is 0.0556. The van der Waals surface area contributed by atoms with Gasteiger partial charge in [0.05, 0.1) is 11.4 Å². The van der Waals surface area contributed by atoms with Gasteiger partial charge in [-0.05, 0) is 23.3 Å². The standard InChI is InChI=1S/C18H14FN/c19-13-17-11-16(14-7-3-1-4-8-14)12-18(20-17)15-9-5-2-6-10-15/h1-12H,13H2. The SMILES string of the molecule is FCc1cc(-c2ccccc2)cc(-c2ccccc2)n1. The second-order valence-corrected chi connectivity index (χ2v) is 4.60. The number of halogens is 1. The Morgan fingerprint density at radius 1 is 0.700 bits per heavy atom. The molecule has 1 nitrogen and oxygen atoms in total. The van der Waals surface area contributed by atoms with Crippen LogP contribution in [0.2, 0.25) is 0 Å². The molecule has 1 heterocycles. The van der Waals surface area contributed by atoms with Crippen molar-refractivity contribution in [1.29, 1.82) is 0 Å². The van der Waals surface area contributed by atoms with E-state index in [0.717, 1.165) is 22.4 Å². The highest BCUT2D eigenvalue weighted by Gasteiger charge is 2.06. The summed E-state index contributed by atoms with van der Waals surface area (Å²) in [6, 6.07) is 23.6. The molecule has 0 fully saturated rings. The van der Waals surface area contributed by atoms with Crippen molar-refractivity contribution >= 4 is 0 Å². The first-order valence-corrected chi connectivity index (χ1v) is 6.54. The highest BCUT2D eigenvalue weighted by molar-refractivity contribution is 5.70. The number of hydrogen-bond acceptors (Lipinski definition) is 1. The van der Waals surface area contributed by atoms with Gasteiger partial charge in [-0.2, -0.15) is 0 Å². The predicted molar refractivity (Wildman–Crippen MR) is 79.9 cm³/mol. The van der Waals surface area contributed by atoms with E-state index >= 15 is 0 Å². The molecule has 0 aliphatic heterocycles. The molecule has 0 amide bonds. The quantitative estimate of drug-likeness (QED) is 0.656. The molecule has 0 bridgehead atoms. The molecule has 98 valence electrons. The highest BCUT2D eigenvalue weighted by atomic mass is 19.1. The topological polar surface area (TPSA) is 12.9 Å². The van der Waals surface area contributed by atoms with E-state index in [0.29, 0.717) is 5.69 Å². The predicted octanol–water partition coefficient (Wildman–Crippen LogP) is 4.89. The van der Waals surface area contributed by atoms with Crippen LogP contribution in [0.5, 0.6) is 0 Å². The summed E-state index contributed by atoms with van der Waals surface area (Å²) in [5.41, 5.74) is 4.33. The highest BCUT2D eigenvalue weighted by Crippen LogP contribution is 2.26. The molecule has 0 unspecified atom stereocenters. The fourth-order valence-corrected chi connectivity index (χ4v) is 2.21. The molecule has 2 heteroatoms. The molecule has 20 heavy (non-hydrogen) atoms. The minimum Gasteiger partial charge on any atom is -0.250 e. The molecule has 0 saturated carbocycles. The molecule has 0 N–H and O–H groups in total. The molecular weight excluding hydrogens is 249 g/mol. The van der Waals surface area contributed by atoms with Crippen molar-refractivity contribution in [3.05, 3.63) is 78.5 Å².